The largest absolute Gasteiger partial charge is 0.371 e. The highest BCUT2D eigenvalue weighted by atomic mass is 32.1. The van der Waals surface area contributed by atoms with Crippen LogP contribution in [0.4, 0.5) is 5.69 Å². The van der Waals surface area contributed by atoms with Crippen LogP contribution in [0, 0.1) is 12.8 Å². The number of benzene rings is 1. The highest BCUT2D eigenvalue weighted by Gasteiger charge is 2.23. The molecule has 1 atom stereocenters. The van der Waals surface area contributed by atoms with Crippen molar-refractivity contribution in [2.45, 2.75) is 26.7 Å². The SMILES string of the molecule is CC(=O)c1cc(CC(=O)NCC2CCN(c3ccccc3C)C2)cs1. The van der Waals surface area contributed by atoms with E-state index in [0.29, 0.717) is 23.8 Å². The molecule has 1 aromatic heterocycles. The van der Waals surface area contributed by atoms with Gasteiger partial charge < -0.3 is 10.2 Å². The topological polar surface area (TPSA) is 49.4 Å². The summed E-state index contributed by atoms with van der Waals surface area (Å²) >= 11 is 1.41. The Morgan fingerprint density at radius 2 is 2.12 bits per heavy atom. The molecule has 4 nitrogen and oxygen atoms in total. The number of carbonyl (C=O) groups is 2. The molecule has 3 rings (SSSR count). The second kappa shape index (κ2) is 7.83. The number of rotatable bonds is 6. The van der Waals surface area contributed by atoms with Gasteiger partial charge in [0.05, 0.1) is 11.3 Å². The van der Waals surface area contributed by atoms with Gasteiger partial charge in [-0.2, -0.15) is 0 Å². The molecule has 0 saturated carbocycles. The summed E-state index contributed by atoms with van der Waals surface area (Å²) in [6.45, 7) is 6.43. The van der Waals surface area contributed by atoms with E-state index in [2.05, 4.69) is 41.4 Å². The van der Waals surface area contributed by atoms with Gasteiger partial charge in [0.15, 0.2) is 5.78 Å². The van der Waals surface area contributed by atoms with Crippen molar-refractivity contribution in [1.82, 2.24) is 5.32 Å². The van der Waals surface area contributed by atoms with Gasteiger partial charge in [-0.25, -0.2) is 0 Å². The van der Waals surface area contributed by atoms with E-state index in [9.17, 15) is 9.59 Å². The number of amides is 1. The van der Waals surface area contributed by atoms with E-state index in [1.54, 1.807) is 6.92 Å². The molecule has 1 aliphatic heterocycles. The molecule has 1 fully saturated rings. The maximum absolute atomic E-state index is 12.1. The van der Waals surface area contributed by atoms with Gasteiger partial charge in [-0.05, 0) is 54.8 Å². The summed E-state index contributed by atoms with van der Waals surface area (Å²) in [6.07, 6.45) is 1.44. The Labute approximate surface area is 152 Å². The van der Waals surface area contributed by atoms with Gasteiger partial charge in [0.1, 0.15) is 0 Å². The first kappa shape index (κ1) is 17.7. The number of hydrogen-bond donors (Lipinski definition) is 1. The van der Waals surface area contributed by atoms with Gasteiger partial charge in [-0.1, -0.05) is 18.2 Å². The number of thiophene rings is 1. The fourth-order valence-electron chi connectivity index (χ4n) is 3.30. The van der Waals surface area contributed by atoms with Gasteiger partial charge in [0.25, 0.3) is 0 Å². The maximum Gasteiger partial charge on any atom is 0.224 e. The molecule has 1 aliphatic rings. The number of carbonyl (C=O) groups excluding carboxylic acids is 2. The van der Waals surface area contributed by atoms with Crippen molar-refractivity contribution < 1.29 is 9.59 Å². The van der Waals surface area contributed by atoms with Gasteiger partial charge in [0, 0.05) is 25.3 Å². The zero-order valence-corrected chi connectivity index (χ0v) is 15.6. The van der Waals surface area contributed by atoms with Gasteiger partial charge in [-0.15, -0.1) is 11.3 Å². The number of hydrogen-bond acceptors (Lipinski definition) is 4. The van der Waals surface area contributed by atoms with E-state index in [4.69, 9.17) is 0 Å². The summed E-state index contributed by atoms with van der Waals surface area (Å²) in [6, 6.07) is 10.3. The Morgan fingerprint density at radius 3 is 2.84 bits per heavy atom. The van der Waals surface area contributed by atoms with Crippen molar-refractivity contribution >= 4 is 28.7 Å². The van der Waals surface area contributed by atoms with Crippen LogP contribution in [0.15, 0.2) is 35.7 Å². The van der Waals surface area contributed by atoms with E-state index in [1.165, 1.54) is 22.6 Å². The predicted octanol–water partition coefficient (Wildman–Crippen LogP) is 3.44. The minimum atomic E-state index is 0.0299. The monoisotopic (exact) mass is 356 g/mol. The molecule has 1 saturated heterocycles. The second-order valence-electron chi connectivity index (χ2n) is 6.74. The van der Waals surface area contributed by atoms with Crippen molar-refractivity contribution in [3.8, 4) is 0 Å². The van der Waals surface area contributed by atoms with Crippen LogP contribution in [-0.2, 0) is 11.2 Å². The zero-order valence-electron chi connectivity index (χ0n) is 14.7. The Morgan fingerprint density at radius 1 is 1.32 bits per heavy atom. The summed E-state index contributed by atoms with van der Waals surface area (Å²) in [5, 5.41) is 4.95. The molecule has 5 heteroatoms. The molecule has 25 heavy (non-hydrogen) atoms. The first-order valence-electron chi connectivity index (χ1n) is 8.68. The highest BCUT2D eigenvalue weighted by Crippen LogP contribution is 2.26. The molecule has 0 spiro atoms. The van der Waals surface area contributed by atoms with E-state index in [-0.39, 0.29) is 11.7 Å². The Kier molecular flexibility index (Phi) is 5.53. The summed E-state index contributed by atoms with van der Waals surface area (Å²) < 4.78 is 0. The van der Waals surface area contributed by atoms with Crippen LogP contribution < -0.4 is 10.2 Å². The van der Waals surface area contributed by atoms with E-state index in [0.717, 1.165) is 25.1 Å². The minimum Gasteiger partial charge on any atom is -0.371 e. The van der Waals surface area contributed by atoms with Crippen LogP contribution in [0.25, 0.3) is 0 Å². The molecule has 1 aromatic carbocycles. The second-order valence-corrected chi connectivity index (χ2v) is 7.65. The van der Waals surface area contributed by atoms with Crippen LogP contribution >= 0.6 is 11.3 Å². The van der Waals surface area contributed by atoms with Crippen molar-refractivity contribution in [2.75, 3.05) is 24.5 Å². The average Bonchev–Trinajstić information content (AvgIpc) is 3.23. The van der Waals surface area contributed by atoms with Crippen molar-refractivity contribution in [2.24, 2.45) is 5.92 Å². The molecule has 2 heterocycles. The van der Waals surface area contributed by atoms with E-state index in [1.807, 2.05) is 11.4 Å². The molecule has 132 valence electrons. The lowest BCUT2D eigenvalue weighted by Crippen LogP contribution is -2.32. The molecular weight excluding hydrogens is 332 g/mol. The third-order valence-corrected chi connectivity index (χ3v) is 5.78. The lowest BCUT2D eigenvalue weighted by Gasteiger charge is -2.21. The van der Waals surface area contributed by atoms with E-state index < -0.39 is 0 Å². The van der Waals surface area contributed by atoms with Crippen molar-refractivity contribution in [1.29, 1.82) is 0 Å². The lowest BCUT2D eigenvalue weighted by atomic mass is 10.1. The molecular formula is C20H24N2O2S. The van der Waals surface area contributed by atoms with Gasteiger partial charge in [-0.3, -0.25) is 9.59 Å². The van der Waals surface area contributed by atoms with Crippen LogP contribution in [0.5, 0.6) is 0 Å². The average molecular weight is 356 g/mol. The third-order valence-electron chi connectivity index (χ3n) is 4.70. The van der Waals surface area contributed by atoms with Crippen LogP contribution in [0.2, 0.25) is 0 Å². The third kappa shape index (κ3) is 4.48. The fourth-order valence-corrected chi connectivity index (χ4v) is 4.11. The molecule has 0 radical (unpaired) electrons. The number of anilines is 1. The molecule has 1 unspecified atom stereocenters. The van der Waals surface area contributed by atoms with Crippen LogP contribution in [0.1, 0.15) is 34.1 Å². The zero-order chi connectivity index (χ0) is 17.8. The first-order valence-corrected chi connectivity index (χ1v) is 9.56. The summed E-state index contributed by atoms with van der Waals surface area (Å²) in [7, 11) is 0. The number of aryl methyl sites for hydroxylation is 1. The molecule has 0 aliphatic carbocycles. The summed E-state index contributed by atoms with van der Waals surface area (Å²) in [4.78, 5) is 26.6. The predicted molar refractivity (Wildman–Crippen MR) is 103 cm³/mol. The molecule has 0 bridgehead atoms. The molecule has 1 N–H and O–H groups in total. The quantitative estimate of drug-likeness (QED) is 0.807. The standard InChI is InChI=1S/C20H24N2O2S/c1-14-5-3-4-6-18(14)22-8-7-16(12-22)11-21-20(24)10-17-9-19(15(2)23)25-13-17/h3-6,9,13,16H,7-8,10-12H2,1-2H3,(H,21,24). The van der Waals surface area contributed by atoms with Crippen LogP contribution in [0.3, 0.4) is 0 Å². The van der Waals surface area contributed by atoms with E-state index >= 15 is 0 Å². The van der Waals surface area contributed by atoms with Gasteiger partial charge in [0.2, 0.25) is 5.91 Å². The smallest absolute Gasteiger partial charge is 0.224 e. The summed E-state index contributed by atoms with van der Waals surface area (Å²) in [5.74, 6) is 0.569. The minimum absolute atomic E-state index is 0.0299. The Balaban J connectivity index is 1.46. The molecule has 2 aromatic rings. The maximum atomic E-state index is 12.1. The number of Topliss-reactive ketones (excluding diaryl/α,β-unsaturated/α-hetero) is 1. The normalized spacial score (nSPS) is 16.9. The van der Waals surface area contributed by atoms with Crippen molar-refractivity contribution in [3.63, 3.8) is 0 Å². The first-order chi connectivity index (χ1) is 12.0. The lowest BCUT2D eigenvalue weighted by molar-refractivity contribution is -0.120. The number of para-hydroxylation sites is 1. The Hall–Kier alpha value is -2.14. The number of nitrogens with zero attached hydrogens (tertiary/aromatic N) is 1. The van der Waals surface area contributed by atoms with Gasteiger partial charge >= 0.3 is 0 Å². The van der Waals surface area contributed by atoms with Crippen LogP contribution in [-0.4, -0.2) is 31.3 Å². The summed E-state index contributed by atoms with van der Waals surface area (Å²) in [5.41, 5.74) is 3.51. The Bertz CT molecular complexity index is 769. The number of nitrogens with one attached hydrogen (secondary N) is 1. The molecule has 1 amide bonds. The van der Waals surface area contributed by atoms with Crippen molar-refractivity contribution in [3.05, 3.63) is 51.7 Å². The fraction of sp³-hybridized carbons (Fsp3) is 0.400. The number of ketones is 1. The highest BCUT2D eigenvalue weighted by molar-refractivity contribution is 7.12.